The van der Waals surface area contributed by atoms with E-state index in [9.17, 15) is 0 Å². The van der Waals surface area contributed by atoms with Crippen molar-refractivity contribution < 1.29 is 4.74 Å². The molecule has 1 atom stereocenters. The van der Waals surface area contributed by atoms with Gasteiger partial charge in [-0.15, -0.1) is 0 Å². The van der Waals surface area contributed by atoms with Gasteiger partial charge in [-0.3, -0.25) is 0 Å². The van der Waals surface area contributed by atoms with Gasteiger partial charge in [-0.05, 0) is 31.5 Å². The summed E-state index contributed by atoms with van der Waals surface area (Å²) in [6.07, 6.45) is 3.41. The summed E-state index contributed by atoms with van der Waals surface area (Å²) in [6.45, 7) is 4.32. The third-order valence-corrected chi connectivity index (χ3v) is 2.64. The lowest BCUT2D eigenvalue weighted by Crippen LogP contribution is -2.09. The van der Waals surface area contributed by atoms with Gasteiger partial charge in [-0.2, -0.15) is 0 Å². The van der Waals surface area contributed by atoms with Crippen molar-refractivity contribution in [2.24, 2.45) is 5.73 Å². The molecule has 2 aromatic rings. The SMILES string of the molecule is Cc1ccc(C(C)N)c(OCc2ncccn2)c1. The Kier molecular flexibility index (Phi) is 3.89. The Labute approximate surface area is 107 Å². The molecule has 2 rings (SSSR count). The lowest BCUT2D eigenvalue weighted by atomic mass is 10.1. The smallest absolute Gasteiger partial charge is 0.166 e. The van der Waals surface area contributed by atoms with E-state index in [1.165, 1.54) is 0 Å². The predicted octanol–water partition coefficient (Wildman–Crippen LogP) is 2.38. The molecule has 0 aliphatic carbocycles. The Hall–Kier alpha value is -1.94. The van der Waals surface area contributed by atoms with Crippen LogP contribution in [0.3, 0.4) is 0 Å². The minimum absolute atomic E-state index is 0.0581. The lowest BCUT2D eigenvalue weighted by Gasteiger charge is -2.14. The Bertz CT molecular complexity index is 512. The number of aryl methyl sites for hydroxylation is 1. The van der Waals surface area contributed by atoms with Crippen molar-refractivity contribution in [3.63, 3.8) is 0 Å². The van der Waals surface area contributed by atoms with Crippen LogP contribution in [0.5, 0.6) is 5.75 Å². The average Bonchev–Trinajstić information content (AvgIpc) is 2.37. The zero-order valence-electron chi connectivity index (χ0n) is 10.6. The van der Waals surface area contributed by atoms with Crippen LogP contribution in [-0.2, 0) is 6.61 Å². The van der Waals surface area contributed by atoms with Crippen molar-refractivity contribution in [3.8, 4) is 5.75 Å². The monoisotopic (exact) mass is 243 g/mol. The Morgan fingerprint density at radius 2 is 2.00 bits per heavy atom. The number of benzene rings is 1. The predicted molar refractivity (Wildman–Crippen MR) is 70.1 cm³/mol. The van der Waals surface area contributed by atoms with Crippen LogP contribution in [0.1, 0.15) is 29.9 Å². The zero-order valence-corrected chi connectivity index (χ0v) is 10.6. The largest absolute Gasteiger partial charge is 0.485 e. The van der Waals surface area contributed by atoms with Crippen molar-refractivity contribution in [3.05, 3.63) is 53.6 Å². The maximum absolute atomic E-state index is 5.92. The Morgan fingerprint density at radius 3 is 2.67 bits per heavy atom. The third-order valence-electron chi connectivity index (χ3n) is 2.64. The van der Waals surface area contributed by atoms with Crippen molar-refractivity contribution in [1.29, 1.82) is 0 Å². The molecule has 0 fully saturated rings. The first-order valence-corrected chi connectivity index (χ1v) is 5.91. The maximum atomic E-state index is 5.92. The summed E-state index contributed by atoms with van der Waals surface area (Å²) in [7, 11) is 0. The molecule has 0 saturated heterocycles. The van der Waals surface area contributed by atoms with Gasteiger partial charge in [0.05, 0.1) is 0 Å². The molecule has 0 bridgehead atoms. The highest BCUT2D eigenvalue weighted by atomic mass is 16.5. The molecule has 4 heteroatoms. The van der Waals surface area contributed by atoms with Gasteiger partial charge in [-0.1, -0.05) is 12.1 Å². The van der Waals surface area contributed by atoms with Gasteiger partial charge in [0.25, 0.3) is 0 Å². The first kappa shape index (κ1) is 12.5. The fourth-order valence-electron chi connectivity index (χ4n) is 1.69. The molecule has 0 spiro atoms. The van der Waals surface area contributed by atoms with E-state index in [0.29, 0.717) is 12.4 Å². The van der Waals surface area contributed by atoms with Gasteiger partial charge in [0.1, 0.15) is 12.4 Å². The van der Waals surface area contributed by atoms with E-state index in [4.69, 9.17) is 10.5 Å². The highest BCUT2D eigenvalue weighted by molar-refractivity contribution is 5.38. The van der Waals surface area contributed by atoms with Gasteiger partial charge in [0.2, 0.25) is 0 Å². The number of hydrogen-bond donors (Lipinski definition) is 1. The normalized spacial score (nSPS) is 12.2. The average molecular weight is 243 g/mol. The Balaban J connectivity index is 2.15. The minimum Gasteiger partial charge on any atom is -0.485 e. The van der Waals surface area contributed by atoms with E-state index in [1.807, 2.05) is 32.0 Å². The number of nitrogens with zero attached hydrogens (tertiary/aromatic N) is 2. The van der Waals surface area contributed by atoms with Crippen LogP contribution in [0, 0.1) is 6.92 Å². The van der Waals surface area contributed by atoms with Gasteiger partial charge >= 0.3 is 0 Å². The molecular weight excluding hydrogens is 226 g/mol. The molecule has 0 aliphatic rings. The zero-order chi connectivity index (χ0) is 13.0. The fourth-order valence-corrected chi connectivity index (χ4v) is 1.69. The number of ether oxygens (including phenoxy) is 1. The Morgan fingerprint density at radius 1 is 1.28 bits per heavy atom. The van der Waals surface area contributed by atoms with Crippen LogP contribution < -0.4 is 10.5 Å². The molecule has 0 amide bonds. The van der Waals surface area contributed by atoms with Gasteiger partial charge in [0.15, 0.2) is 5.82 Å². The van der Waals surface area contributed by atoms with E-state index in [1.54, 1.807) is 18.5 Å². The second-order valence-corrected chi connectivity index (χ2v) is 4.28. The van der Waals surface area contributed by atoms with Crippen LogP contribution in [0.4, 0.5) is 0 Å². The molecule has 1 unspecified atom stereocenters. The van der Waals surface area contributed by atoms with E-state index in [2.05, 4.69) is 9.97 Å². The van der Waals surface area contributed by atoms with Gasteiger partial charge in [0, 0.05) is 24.0 Å². The molecule has 1 aromatic carbocycles. The van der Waals surface area contributed by atoms with Crippen LogP contribution in [0.2, 0.25) is 0 Å². The topological polar surface area (TPSA) is 61.0 Å². The van der Waals surface area contributed by atoms with Crippen molar-refractivity contribution in [2.75, 3.05) is 0 Å². The molecule has 0 saturated carbocycles. The van der Waals surface area contributed by atoms with Crippen LogP contribution in [0.15, 0.2) is 36.7 Å². The van der Waals surface area contributed by atoms with E-state index >= 15 is 0 Å². The first-order chi connectivity index (χ1) is 8.66. The molecule has 1 aromatic heterocycles. The van der Waals surface area contributed by atoms with Crippen LogP contribution in [-0.4, -0.2) is 9.97 Å². The highest BCUT2D eigenvalue weighted by Gasteiger charge is 2.09. The second-order valence-electron chi connectivity index (χ2n) is 4.28. The second kappa shape index (κ2) is 5.60. The summed E-state index contributed by atoms with van der Waals surface area (Å²) in [5.74, 6) is 1.46. The first-order valence-electron chi connectivity index (χ1n) is 5.91. The number of hydrogen-bond acceptors (Lipinski definition) is 4. The summed E-state index contributed by atoms with van der Waals surface area (Å²) in [6, 6.07) is 7.74. The van der Waals surface area contributed by atoms with E-state index < -0.39 is 0 Å². The van der Waals surface area contributed by atoms with Crippen LogP contribution in [0.25, 0.3) is 0 Å². The summed E-state index contributed by atoms with van der Waals surface area (Å²) < 4.78 is 5.76. The van der Waals surface area contributed by atoms with Crippen molar-refractivity contribution in [2.45, 2.75) is 26.5 Å². The van der Waals surface area contributed by atoms with Gasteiger partial charge < -0.3 is 10.5 Å². The summed E-state index contributed by atoms with van der Waals surface area (Å²) in [4.78, 5) is 8.25. The van der Waals surface area contributed by atoms with Gasteiger partial charge in [-0.25, -0.2) is 9.97 Å². The molecule has 4 nitrogen and oxygen atoms in total. The summed E-state index contributed by atoms with van der Waals surface area (Å²) in [5, 5.41) is 0. The number of nitrogens with two attached hydrogens (primary N) is 1. The molecule has 0 aliphatic heterocycles. The van der Waals surface area contributed by atoms with E-state index in [-0.39, 0.29) is 6.04 Å². The molecule has 1 heterocycles. The molecule has 94 valence electrons. The van der Waals surface area contributed by atoms with Crippen molar-refractivity contribution in [1.82, 2.24) is 9.97 Å². The molecule has 2 N–H and O–H groups in total. The molecule has 18 heavy (non-hydrogen) atoms. The fraction of sp³-hybridized carbons (Fsp3) is 0.286. The summed E-state index contributed by atoms with van der Waals surface area (Å²) in [5.41, 5.74) is 8.06. The third kappa shape index (κ3) is 3.05. The molecule has 0 radical (unpaired) electrons. The van der Waals surface area contributed by atoms with Crippen LogP contribution >= 0.6 is 0 Å². The molecular formula is C14H17N3O. The standard InChI is InChI=1S/C14H17N3O/c1-10-4-5-12(11(2)15)13(8-10)18-9-14-16-6-3-7-17-14/h3-8,11H,9,15H2,1-2H3. The number of rotatable bonds is 4. The quantitative estimate of drug-likeness (QED) is 0.895. The lowest BCUT2D eigenvalue weighted by molar-refractivity contribution is 0.291. The highest BCUT2D eigenvalue weighted by Crippen LogP contribution is 2.25. The van der Waals surface area contributed by atoms with Crippen molar-refractivity contribution >= 4 is 0 Å². The minimum atomic E-state index is -0.0581. The summed E-state index contributed by atoms with van der Waals surface area (Å²) >= 11 is 0. The maximum Gasteiger partial charge on any atom is 0.166 e. The number of aromatic nitrogens is 2. The van der Waals surface area contributed by atoms with E-state index in [0.717, 1.165) is 16.9 Å².